The van der Waals surface area contributed by atoms with Gasteiger partial charge < -0.3 is 33.3 Å². The number of pyridine rings is 1. The van der Waals surface area contributed by atoms with Crippen molar-refractivity contribution in [3.63, 3.8) is 0 Å². The Bertz CT molecular complexity index is 1650. The van der Waals surface area contributed by atoms with Gasteiger partial charge in [-0.15, -0.1) is 0 Å². The predicted molar refractivity (Wildman–Crippen MR) is 177 cm³/mol. The number of ether oxygens (including phenoxy) is 4. The SMILES string of the molecule is CCOC(=O)/C=C/c1cc(=O)n(CCN2CCC(N(Cc3ccc4c(c3)OCCO4)C(=O)OC(C)(C)C)CC2)c2cc(C)ccc12. The first-order valence-electron chi connectivity index (χ1n) is 16.1. The fourth-order valence-electron chi connectivity index (χ4n) is 5.98. The molecule has 0 spiro atoms. The normalized spacial score (nSPS) is 15.7. The standard InChI is InChI=1S/C36H45N3O7/c1-6-43-34(41)12-9-27-23-33(40)38(30-21-25(2)7-10-29(27)30)18-17-37-15-13-28(14-16-37)39(35(42)46-36(3,4)5)24-26-8-11-31-32(22-26)45-20-19-44-31/h7-12,21-23,28H,6,13-20,24H2,1-5H3/b12-9+. The molecule has 0 N–H and O–H groups in total. The molecule has 46 heavy (non-hydrogen) atoms. The minimum absolute atomic E-state index is 0.0102. The predicted octanol–water partition coefficient (Wildman–Crippen LogP) is 5.56. The van der Waals surface area contributed by atoms with Crippen LogP contribution in [0.3, 0.4) is 0 Å². The van der Waals surface area contributed by atoms with E-state index in [1.165, 1.54) is 6.08 Å². The molecule has 246 valence electrons. The lowest BCUT2D eigenvalue weighted by molar-refractivity contribution is -0.137. The first-order chi connectivity index (χ1) is 22.0. The quantitative estimate of drug-likeness (QED) is 0.224. The van der Waals surface area contributed by atoms with Crippen molar-refractivity contribution < 1.29 is 28.5 Å². The number of amides is 1. The molecule has 10 heteroatoms. The lowest BCUT2D eigenvalue weighted by Gasteiger charge is -2.39. The summed E-state index contributed by atoms with van der Waals surface area (Å²) >= 11 is 0. The monoisotopic (exact) mass is 631 g/mol. The zero-order valence-corrected chi connectivity index (χ0v) is 27.5. The Balaban J connectivity index is 1.27. The van der Waals surface area contributed by atoms with Gasteiger partial charge in [-0.05, 0) is 88.4 Å². The van der Waals surface area contributed by atoms with Gasteiger partial charge in [-0.3, -0.25) is 4.79 Å². The Kier molecular flexibility index (Phi) is 10.4. The molecule has 0 saturated carbocycles. The van der Waals surface area contributed by atoms with Crippen molar-refractivity contribution in [1.82, 2.24) is 14.4 Å². The van der Waals surface area contributed by atoms with Crippen molar-refractivity contribution >= 4 is 29.0 Å². The maximum absolute atomic E-state index is 13.4. The molecule has 2 aliphatic heterocycles. The number of piperidine rings is 1. The molecule has 1 fully saturated rings. The molecule has 0 aliphatic carbocycles. The number of rotatable bonds is 9. The van der Waals surface area contributed by atoms with E-state index in [0.717, 1.165) is 53.7 Å². The van der Waals surface area contributed by atoms with Crippen LogP contribution >= 0.6 is 0 Å². The zero-order chi connectivity index (χ0) is 32.8. The van der Waals surface area contributed by atoms with Crippen LogP contribution in [-0.4, -0.2) is 77.5 Å². The fourth-order valence-corrected chi connectivity index (χ4v) is 5.98. The smallest absolute Gasteiger partial charge is 0.410 e. The van der Waals surface area contributed by atoms with Crippen LogP contribution in [0, 0.1) is 6.92 Å². The number of hydrogen-bond acceptors (Lipinski definition) is 8. The van der Waals surface area contributed by atoms with Gasteiger partial charge in [-0.2, -0.15) is 0 Å². The van der Waals surface area contributed by atoms with Crippen molar-refractivity contribution in [2.24, 2.45) is 0 Å². The third kappa shape index (κ3) is 8.28. The molecule has 3 heterocycles. The summed E-state index contributed by atoms with van der Waals surface area (Å²) in [6.45, 7) is 13.9. The Morgan fingerprint density at radius 2 is 1.74 bits per heavy atom. The van der Waals surface area contributed by atoms with Gasteiger partial charge in [-0.25, -0.2) is 9.59 Å². The highest BCUT2D eigenvalue weighted by atomic mass is 16.6. The molecule has 2 aliphatic rings. The number of aromatic nitrogens is 1. The summed E-state index contributed by atoms with van der Waals surface area (Å²) in [6.07, 6.45) is 4.26. The average molecular weight is 632 g/mol. The molecule has 0 radical (unpaired) electrons. The van der Waals surface area contributed by atoms with E-state index in [-0.39, 0.29) is 17.7 Å². The summed E-state index contributed by atoms with van der Waals surface area (Å²) in [4.78, 5) is 42.9. The summed E-state index contributed by atoms with van der Waals surface area (Å²) in [6, 6.07) is 13.4. The summed E-state index contributed by atoms with van der Waals surface area (Å²) < 4.78 is 24.1. The van der Waals surface area contributed by atoms with E-state index >= 15 is 0 Å². The highest BCUT2D eigenvalue weighted by Gasteiger charge is 2.31. The van der Waals surface area contributed by atoms with Crippen molar-refractivity contribution in [2.45, 2.75) is 72.2 Å². The Morgan fingerprint density at radius 1 is 1.00 bits per heavy atom. The molecule has 1 saturated heterocycles. The maximum Gasteiger partial charge on any atom is 0.410 e. The zero-order valence-electron chi connectivity index (χ0n) is 27.5. The number of nitrogens with zero attached hydrogens (tertiary/aromatic N) is 3. The second-order valence-electron chi connectivity index (χ2n) is 12.9. The maximum atomic E-state index is 13.4. The van der Waals surface area contributed by atoms with Crippen LogP contribution in [0.1, 0.15) is 57.2 Å². The van der Waals surface area contributed by atoms with Crippen molar-refractivity contribution in [3.05, 3.63) is 75.6 Å². The van der Waals surface area contributed by atoms with Crippen LogP contribution in [0.2, 0.25) is 0 Å². The Hall–Kier alpha value is -4.31. The lowest BCUT2D eigenvalue weighted by atomic mass is 10.0. The van der Waals surface area contributed by atoms with Gasteiger partial charge in [0.25, 0.3) is 5.56 Å². The first kappa shape index (κ1) is 33.1. The van der Waals surface area contributed by atoms with E-state index in [2.05, 4.69) is 4.90 Å². The minimum atomic E-state index is -0.610. The summed E-state index contributed by atoms with van der Waals surface area (Å²) in [5, 5.41) is 0.900. The summed E-state index contributed by atoms with van der Waals surface area (Å²) in [5.74, 6) is 0.979. The number of fused-ring (bicyclic) bond motifs is 2. The number of hydrogen-bond donors (Lipinski definition) is 0. The number of carbonyl (C=O) groups excluding carboxylic acids is 2. The third-order valence-electron chi connectivity index (χ3n) is 8.21. The molecular weight excluding hydrogens is 586 g/mol. The fraction of sp³-hybridized carbons (Fsp3) is 0.472. The van der Waals surface area contributed by atoms with Gasteiger partial charge >= 0.3 is 12.1 Å². The molecule has 5 rings (SSSR count). The Labute approximate surface area is 270 Å². The molecule has 0 unspecified atom stereocenters. The topological polar surface area (TPSA) is 99.5 Å². The van der Waals surface area contributed by atoms with Crippen molar-refractivity contribution in [3.8, 4) is 11.5 Å². The van der Waals surface area contributed by atoms with Crippen molar-refractivity contribution in [1.29, 1.82) is 0 Å². The van der Waals surface area contributed by atoms with Crippen LogP contribution in [0.15, 0.2) is 53.3 Å². The van der Waals surface area contributed by atoms with E-state index in [1.807, 2.05) is 73.6 Å². The molecule has 0 bridgehead atoms. The second-order valence-corrected chi connectivity index (χ2v) is 12.9. The van der Waals surface area contributed by atoms with Crippen LogP contribution in [0.4, 0.5) is 4.79 Å². The summed E-state index contributed by atoms with van der Waals surface area (Å²) in [7, 11) is 0. The van der Waals surface area contributed by atoms with Gasteiger partial charge in [0, 0.05) is 56.3 Å². The van der Waals surface area contributed by atoms with Gasteiger partial charge in [-0.1, -0.05) is 18.2 Å². The highest BCUT2D eigenvalue weighted by Crippen LogP contribution is 2.32. The number of likely N-dealkylation sites (tertiary alicyclic amines) is 1. The van der Waals surface area contributed by atoms with E-state index in [0.29, 0.717) is 50.8 Å². The molecule has 2 aromatic carbocycles. The Morgan fingerprint density at radius 3 is 2.46 bits per heavy atom. The first-order valence-corrected chi connectivity index (χ1v) is 16.1. The van der Waals surface area contributed by atoms with Crippen molar-refractivity contribution in [2.75, 3.05) is 39.5 Å². The average Bonchev–Trinajstić information content (AvgIpc) is 3.01. The van der Waals surface area contributed by atoms with Gasteiger partial charge in [0.15, 0.2) is 11.5 Å². The molecular formula is C36H45N3O7. The number of carbonyl (C=O) groups is 2. The van der Waals surface area contributed by atoms with Crippen LogP contribution in [0.25, 0.3) is 17.0 Å². The molecule has 3 aromatic rings. The largest absolute Gasteiger partial charge is 0.486 e. The number of esters is 1. The number of benzene rings is 2. The van der Waals surface area contributed by atoms with Crippen LogP contribution in [-0.2, 0) is 27.4 Å². The lowest BCUT2D eigenvalue weighted by Crippen LogP contribution is -2.49. The van der Waals surface area contributed by atoms with E-state index < -0.39 is 11.6 Å². The van der Waals surface area contributed by atoms with Gasteiger partial charge in [0.2, 0.25) is 0 Å². The number of aryl methyl sites for hydroxylation is 1. The van der Waals surface area contributed by atoms with E-state index in [1.54, 1.807) is 19.1 Å². The van der Waals surface area contributed by atoms with Crippen LogP contribution in [0.5, 0.6) is 11.5 Å². The van der Waals surface area contributed by atoms with E-state index in [4.69, 9.17) is 18.9 Å². The highest BCUT2D eigenvalue weighted by molar-refractivity contribution is 5.93. The van der Waals surface area contributed by atoms with Gasteiger partial charge in [0.05, 0.1) is 12.1 Å². The van der Waals surface area contributed by atoms with Gasteiger partial charge in [0.1, 0.15) is 18.8 Å². The van der Waals surface area contributed by atoms with Crippen LogP contribution < -0.4 is 15.0 Å². The molecule has 1 aromatic heterocycles. The molecule has 10 nitrogen and oxygen atoms in total. The molecule has 1 amide bonds. The summed E-state index contributed by atoms with van der Waals surface area (Å²) in [5.41, 5.74) is 2.80. The van der Waals surface area contributed by atoms with E-state index in [9.17, 15) is 14.4 Å². The molecule has 0 atom stereocenters. The second kappa shape index (κ2) is 14.4. The third-order valence-corrected chi connectivity index (χ3v) is 8.21. The minimum Gasteiger partial charge on any atom is -0.486 e.